The van der Waals surface area contributed by atoms with Crippen LogP contribution >= 0.6 is 0 Å². The zero-order valence-corrected chi connectivity index (χ0v) is 11.0. The van der Waals surface area contributed by atoms with Crippen molar-refractivity contribution >= 4 is 6.16 Å². The van der Waals surface area contributed by atoms with Crippen molar-refractivity contribution in [2.75, 3.05) is 0 Å². The molecule has 0 aliphatic heterocycles. The molecule has 0 rings (SSSR count). The Morgan fingerprint density at radius 2 is 1.25 bits per heavy atom. The van der Waals surface area contributed by atoms with E-state index in [0.29, 0.717) is 0 Å². The molecule has 2 N–H and O–H groups in total. The van der Waals surface area contributed by atoms with Gasteiger partial charge in [-0.1, -0.05) is 45.3 Å². The summed E-state index contributed by atoms with van der Waals surface area (Å²) in [4.78, 5) is 8.56. The van der Waals surface area contributed by atoms with E-state index in [1.54, 1.807) is 11.1 Å². The minimum Gasteiger partial charge on any atom is -0.450 e. The summed E-state index contributed by atoms with van der Waals surface area (Å²) in [7, 11) is 0. The highest BCUT2D eigenvalue weighted by atomic mass is 16.6. The van der Waals surface area contributed by atoms with Gasteiger partial charge in [0.15, 0.2) is 0 Å². The summed E-state index contributed by atoms with van der Waals surface area (Å²) >= 11 is 0. The van der Waals surface area contributed by atoms with Gasteiger partial charge in [-0.15, -0.1) is 0 Å². The van der Waals surface area contributed by atoms with Crippen molar-refractivity contribution in [3.05, 3.63) is 11.1 Å². The summed E-state index contributed by atoms with van der Waals surface area (Å²) < 4.78 is 0. The second-order valence-corrected chi connectivity index (χ2v) is 3.65. The molecule has 0 radical (unpaired) electrons. The van der Waals surface area contributed by atoms with Gasteiger partial charge in [-0.3, -0.25) is 0 Å². The lowest BCUT2D eigenvalue weighted by molar-refractivity contribution is 0.137. The number of hydrogen-bond donors (Lipinski definition) is 2. The fourth-order valence-electron chi connectivity index (χ4n) is 1.74. The lowest BCUT2D eigenvalue weighted by Crippen LogP contribution is -1.90. The molecule has 0 atom stereocenters. The summed E-state index contributed by atoms with van der Waals surface area (Å²) in [6.07, 6.45) is 5.96. The monoisotopic (exact) mass is 230 g/mol. The second kappa shape index (κ2) is 12.1. The number of carboxylic acid groups (broad SMARTS) is 2. The Bertz CT molecular complexity index is 197. The van der Waals surface area contributed by atoms with Gasteiger partial charge in [0.2, 0.25) is 0 Å². The van der Waals surface area contributed by atoms with Crippen molar-refractivity contribution in [1.29, 1.82) is 0 Å². The minimum absolute atomic E-state index is 1.25. The molecule has 0 aliphatic rings. The molecule has 0 aromatic heterocycles. The minimum atomic E-state index is -1.83. The number of rotatable bonds is 6. The van der Waals surface area contributed by atoms with E-state index in [9.17, 15) is 0 Å². The van der Waals surface area contributed by atoms with Crippen LogP contribution in [0.1, 0.15) is 66.2 Å². The van der Waals surface area contributed by atoms with Gasteiger partial charge in [0.25, 0.3) is 0 Å². The fraction of sp³-hybridized carbons (Fsp3) is 0.769. The van der Waals surface area contributed by atoms with Crippen molar-refractivity contribution in [2.24, 2.45) is 0 Å². The summed E-state index contributed by atoms with van der Waals surface area (Å²) in [5.41, 5.74) is 3.42. The SMILES string of the molecule is CCCCC(CC)=C(CC)CC.O=C(O)O. The molecule has 16 heavy (non-hydrogen) atoms. The average molecular weight is 230 g/mol. The first kappa shape index (κ1) is 17.4. The first-order chi connectivity index (χ1) is 7.53. The van der Waals surface area contributed by atoms with E-state index in [0.717, 1.165) is 0 Å². The maximum absolute atomic E-state index is 8.56. The van der Waals surface area contributed by atoms with Crippen LogP contribution in [0.5, 0.6) is 0 Å². The molecule has 3 nitrogen and oxygen atoms in total. The Hall–Kier alpha value is -0.990. The van der Waals surface area contributed by atoms with Gasteiger partial charge in [-0.05, 0) is 32.1 Å². The third-order valence-corrected chi connectivity index (χ3v) is 2.61. The van der Waals surface area contributed by atoms with Crippen LogP contribution in [0.25, 0.3) is 0 Å². The Labute approximate surface area is 99.2 Å². The standard InChI is InChI=1S/C12H24.CH2O3/c1-5-9-10-12(8-4)11(6-2)7-3;2-1(3)4/h5-10H2,1-4H3;(H2,2,3,4). The molecule has 0 fully saturated rings. The van der Waals surface area contributed by atoms with Gasteiger partial charge >= 0.3 is 6.16 Å². The van der Waals surface area contributed by atoms with Crippen LogP contribution in [0.4, 0.5) is 4.79 Å². The van der Waals surface area contributed by atoms with Crippen LogP contribution in [0.2, 0.25) is 0 Å². The van der Waals surface area contributed by atoms with E-state index < -0.39 is 6.16 Å². The van der Waals surface area contributed by atoms with Crippen molar-refractivity contribution in [1.82, 2.24) is 0 Å². The highest BCUT2D eigenvalue weighted by molar-refractivity contribution is 5.53. The molecule has 0 saturated heterocycles. The van der Waals surface area contributed by atoms with Crippen LogP contribution in [0, 0.1) is 0 Å². The molecule has 0 heterocycles. The van der Waals surface area contributed by atoms with Crippen molar-refractivity contribution in [3.8, 4) is 0 Å². The van der Waals surface area contributed by atoms with Crippen LogP contribution in [0.3, 0.4) is 0 Å². The first-order valence-electron chi connectivity index (χ1n) is 6.14. The highest BCUT2D eigenvalue weighted by Gasteiger charge is 2.00. The maximum Gasteiger partial charge on any atom is 0.503 e. The quantitative estimate of drug-likeness (QED) is 0.636. The van der Waals surface area contributed by atoms with Crippen LogP contribution in [-0.4, -0.2) is 16.4 Å². The Balaban J connectivity index is 0. The molecule has 3 heteroatoms. The topological polar surface area (TPSA) is 57.5 Å². The maximum atomic E-state index is 8.56. The number of hydrogen-bond acceptors (Lipinski definition) is 1. The van der Waals surface area contributed by atoms with Crippen LogP contribution in [-0.2, 0) is 0 Å². The van der Waals surface area contributed by atoms with E-state index in [1.165, 1.54) is 38.5 Å². The fourth-order valence-corrected chi connectivity index (χ4v) is 1.74. The molecule has 0 bridgehead atoms. The predicted octanol–water partition coefficient (Wildman–Crippen LogP) is 4.93. The molecule has 0 spiro atoms. The van der Waals surface area contributed by atoms with Gasteiger partial charge < -0.3 is 10.2 Å². The number of carbonyl (C=O) groups is 1. The van der Waals surface area contributed by atoms with Crippen molar-refractivity contribution in [2.45, 2.75) is 66.2 Å². The van der Waals surface area contributed by atoms with Gasteiger partial charge in [-0.2, -0.15) is 0 Å². The zero-order valence-electron chi connectivity index (χ0n) is 11.0. The largest absolute Gasteiger partial charge is 0.503 e. The molecule has 0 unspecified atom stereocenters. The normalized spacial score (nSPS) is 9.00. The molecule has 0 saturated carbocycles. The summed E-state index contributed by atoms with van der Waals surface area (Å²) in [6, 6.07) is 0. The number of allylic oxidation sites excluding steroid dienone is 2. The summed E-state index contributed by atoms with van der Waals surface area (Å²) in [6.45, 7) is 9.11. The van der Waals surface area contributed by atoms with Gasteiger partial charge in [0, 0.05) is 0 Å². The zero-order chi connectivity index (χ0) is 13.0. The Morgan fingerprint density at radius 1 is 0.875 bits per heavy atom. The van der Waals surface area contributed by atoms with E-state index in [4.69, 9.17) is 15.0 Å². The molecular formula is C13H26O3. The van der Waals surface area contributed by atoms with Gasteiger partial charge in [0.05, 0.1) is 0 Å². The third kappa shape index (κ3) is 11.1. The van der Waals surface area contributed by atoms with Crippen LogP contribution in [0.15, 0.2) is 11.1 Å². The van der Waals surface area contributed by atoms with E-state index in [1.807, 2.05) is 0 Å². The van der Waals surface area contributed by atoms with Gasteiger partial charge in [-0.25, -0.2) is 4.79 Å². The smallest absolute Gasteiger partial charge is 0.450 e. The molecule has 0 aliphatic carbocycles. The molecule has 96 valence electrons. The van der Waals surface area contributed by atoms with E-state index >= 15 is 0 Å². The van der Waals surface area contributed by atoms with Crippen LogP contribution < -0.4 is 0 Å². The average Bonchev–Trinajstić information content (AvgIpc) is 2.23. The first-order valence-corrected chi connectivity index (χ1v) is 6.14. The lowest BCUT2D eigenvalue weighted by Gasteiger charge is -2.10. The molecule has 0 amide bonds. The lowest BCUT2D eigenvalue weighted by atomic mass is 9.97. The summed E-state index contributed by atoms with van der Waals surface area (Å²) in [5.74, 6) is 0. The molecule has 0 aromatic rings. The predicted molar refractivity (Wildman–Crippen MR) is 68.1 cm³/mol. The Morgan fingerprint density at radius 3 is 1.50 bits per heavy atom. The van der Waals surface area contributed by atoms with Crippen molar-refractivity contribution in [3.63, 3.8) is 0 Å². The summed E-state index contributed by atoms with van der Waals surface area (Å²) in [5, 5.41) is 13.9. The van der Waals surface area contributed by atoms with E-state index in [-0.39, 0.29) is 0 Å². The molecular weight excluding hydrogens is 204 g/mol. The second-order valence-electron chi connectivity index (χ2n) is 3.65. The van der Waals surface area contributed by atoms with E-state index in [2.05, 4.69) is 27.7 Å². The van der Waals surface area contributed by atoms with Crippen molar-refractivity contribution < 1.29 is 15.0 Å². The third-order valence-electron chi connectivity index (χ3n) is 2.61. The van der Waals surface area contributed by atoms with Gasteiger partial charge in [0.1, 0.15) is 0 Å². The highest BCUT2D eigenvalue weighted by Crippen LogP contribution is 2.20. The molecule has 0 aromatic carbocycles. The Kier molecular flexibility index (Phi) is 13.1. The number of unbranched alkanes of at least 4 members (excludes halogenated alkanes) is 1.